The molecule has 3 aromatic rings. The number of nitriles is 1. The van der Waals surface area contributed by atoms with Gasteiger partial charge in [-0.2, -0.15) is 5.26 Å². The van der Waals surface area contributed by atoms with E-state index in [0.717, 1.165) is 11.1 Å². The molecule has 0 saturated heterocycles. The van der Waals surface area contributed by atoms with Crippen LogP contribution in [0.25, 0.3) is 11.5 Å². The van der Waals surface area contributed by atoms with Gasteiger partial charge in [0.2, 0.25) is 11.8 Å². The summed E-state index contributed by atoms with van der Waals surface area (Å²) in [4.78, 5) is 12.3. The molecule has 2 aromatic carbocycles. The maximum atomic E-state index is 12.3. The zero-order valence-electron chi connectivity index (χ0n) is 14.3. The Morgan fingerprint density at radius 1 is 1.15 bits per heavy atom. The smallest absolute Gasteiger partial charge is 0.277 e. The minimum absolute atomic E-state index is 0.185. The van der Waals surface area contributed by atoms with Crippen molar-refractivity contribution in [3.63, 3.8) is 0 Å². The van der Waals surface area contributed by atoms with Gasteiger partial charge in [0, 0.05) is 11.3 Å². The fraction of sp³-hybridized carbons (Fsp3) is 0.158. The second kappa shape index (κ2) is 7.85. The van der Waals surface area contributed by atoms with Crippen molar-refractivity contribution in [2.45, 2.75) is 24.3 Å². The van der Waals surface area contributed by atoms with Crippen LogP contribution in [0.4, 0.5) is 5.69 Å². The molecule has 0 fully saturated rings. The molecular weight excluding hydrogens is 348 g/mol. The Labute approximate surface area is 155 Å². The summed E-state index contributed by atoms with van der Waals surface area (Å²) in [6.07, 6.45) is 0. The maximum absolute atomic E-state index is 12.3. The SMILES string of the molecule is Cc1ccc(-c2nnc(S[C@H](C)C(=O)Nc3ccc(C#N)cc3)o2)cc1. The molecule has 7 heteroatoms. The highest BCUT2D eigenvalue weighted by atomic mass is 32.2. The topological polar surface area (TPSA) is 91.8 Å². The van der Waals surface area contributed by atoms with E-state index in [9.17, 15) is 4.79 Å². The van der Waals surface area contributed by atoms with Crippen LogP contribution in [0.5, 0.6) is 0 Å². The lowest BCUT2D eigenvalue weighted by Gasteiger charge is -2.09. The Bertz CT molecular complexity index is 943. The van der Waals surface area contributed by atoms with Gasteiger partial charge in [0.05, 0.1) is 16.9 Å². The highest BCUT2D eigenvalue weighted by molar-refractivity contribution is 8.00. The van der Waals surface area contributed by atoms with Gasteiger partial charge in [-0.25, -0.2) is 0 Å². The first-order chi connectivity index (χ1) is 12.5. The molecule has 0 aliphatic heterocycles. The number of anilines is 1. The number of carbonyl (C=O) groups excluding carboxylic acids is 1. The lowest BCUT2D eigenvalue weighted by atomic mass is 10.1. The van der Waals surface area contributed by atoms with Crippen LogP contribution in [0.3, 0.4) is 0 Å². The third kappa shape index (κ3) is 4.29. The number of benzene rings is 2. The quantitative estimate of drug-likeness (QED) is 0.687. The third-order valence-electron chi connectivity index (χ3n) is 3.63. The molecule has 0 radical (unpaired) electrons. The number of nitrogens with zero attached hydrogens (tertiary/aromatic N) is 3. The molecule has 0 saturated carbocycles. The minimum atomic E-state index is -0.419. The molecule has 1 N–H and O–H groups in total. The first-order valence-electron chi connectivity index (χ1n) is 7.93. The number of rotatable bonds is 5. The Morgan fingerprint density at radius 3 is 2.50 bits per heavy atom. The summed E-state index contributed by atoms with van der Waals surface area (Å²) in [5, 5.41) is 19.5. The van der Waals surface area contributed by atoms with Crippen molar-refractivity contribution in [1.29, 1.82) is 5.26 Å². The fourth-order valence-corrected chi connectivity index (χ4v) is 2.83. The number of aryl methyl sites for hydroxylation is 1. The Morgan fingerprint density at radius 2 is 1.85 bits per heavy atom. The van der Waals surface area contributed by atoms with Gasteiger partial charge in [-0.1, -0.05) is 29.5 Å². The molecule has 26 heavy (non-hydrogen) atoms. The number of amides is 1. The predicted molar refractivity (Wildman–Crippen MR) is 99.6 cm³/mol. The van der Waals surface area contributed by atoms with E-state index in [1.807, 2.05) is 37.3 Å². The fourth-order valence-electron chi connectivity index (χ4n) is 2.15. The Kier molecular flexibility index (Phi) is 5.34. The van der Waals surface area contributed by atoms with Crippen LogP contribution in [0.15, 0.2) is 58.2 Å². The number of hydrogen-bond donors (Lipinski definition) is 1. The van der Waals surface area contributed by atoms with E-state index in [4.69, 9.17) is 9.68 Å². The minimum Gasteiger partial charge on any atom is -0.411 e. The van der Waals surface area contributed by atoms with Crippen molar-refractivity contribution >= 4 is 23.4 Å². The van der Waals surface area contributed by atoms with Crippen LogP contribution in [0.2, 0.25) is 0 Å². The van der Waals surface area contributed by atoms with Crippen molar-refractivity contribution < 1.29 is 9.21 Å². The Hall–Kier alpha value is -3.11. The zero-order chi connectivity index (χ0) is 18.5. The van der Waals surface area contributed by atoms with Crippen LogP contribution in [-0.2, 0) is 4.79 Å². The summed E-state index contributed by atoms with van der Waals surface area (Å²) in [5.41, 5.74) is 3.16. The lowest BCUT2D eigenvalue weighted by molar-refractivity contribution is -0.115. The lowest BCUT2D eigenvalue weighted by Crippen LogP contribution is -2.22. The molecule has 0 spiro atoms. The summed E-state index contributed by atoms with van der Waals surface area (Å²) < 4.78 is 5.64. The van der Waals surface area contributed by atoms with Crippen molar-refractivity contribution in [2.24, 2.45) is 0 Å². The molecule has 6 nitrogen and oxygen atoms in total. The van der Waals surface area contributed by atoms with E-state index in [1.54, 1.807) is 31.2 Å². The van der Waals surface area contributed by atoms with Gasteiger partial charge in [-0.15, -0.1) is 10.2 Å². The monoisotopic (exact) mass is 364 g/mol. The standard InChI is InChI=1S/C19H16N4O2S/c1-12-3-7-15(8-4-12)18-22-23-19(25-18)26-13(2)17(24)21-16-9-5-14(11-20)6-10-16/h3-10,13H,1-2H3,(H,21,24)/t13-/m1/s1. The number of thioether (sulfide) groups is 1. The van der Waals surface area contributed by atoms with Gasteiger partial charge in [-0.05, 0) is 50.2 Å². The van der Waals surface area contributed by atoms with Gasteiger partial charge in [0.25, 0.3) is 5.22 Å². The van der Waals surface area contributed by atoms with E-state index in [-0.39, 0.29) is 5.91 Å². The molecule has 1 amide bonds. The highest BCUT2D eigenvalue weighted by Crippen LogP contribution is 2.27. The van der Waals surface area contributed by atoms with Crippen LogP contribution in [-0.4, -0.2) is 21.4 Å². The van der Waals surface area contributed by atoms with Crippen LogP contribution in [0, 0.1) is 18.3 Å². The van der Waals surface area contributed by atoms with Crippen molar-refractivity contribution in [1.82, 2.24) is 10.2 Å². The molecule has 0 aliphatic carbocycles. The van der Waals surface area contributed by atoms with Crippen LogP contribution < -0.4 is 5.32 Å². The molecule has 1 aromatic heterocycles. The van der Waals surface area contributed by atoms with Crippen molar-refractivity contribution in [2.75, 3.05) is 5.32 Å². The predicted octanol–water partition coefficient (Wildman–Crippen LogP) is 4.04. The number of hydrogen-bond acceptors (Lipinski definition) is 6. The molecule has 1 atom stereocenters. The first-order valence-corrected chi connectivity index (χ1v) is 8.81. The van der Waals surface area contributed by atoms with Gasteiger partial charge in [0.1, 0.15) is 0 Å². The average Bonchev–Trinajstić information content (AvgIpc) is 3.11. The third-order valence-corrected chi connectivity index (χ3v) is 4.57. The maximum Gasteiger partial charge on any atom is 0.277 e. The summed E-state index contributed by atoms with van der Waals surface area (Å²) >= 11 is 1.19. The van der Waals surface area contributed by atoms with Crippen LogP contribution >= 0.6 is 11.8 Å². The summed E-state index contributed by atoms with van der Waals surface area (Å²) in [5.74, 6) is 0.238. The summed E-state index contributed by atoms with van der Waals surface area (Å²) in [7, 11) is 0. The largest absolute Gasteiger partial charge is 0.411 e. The van der Waals surface area contributed by atoms with E-state index in [2.05, 4.69) is 15.5 Å². The second-order valence-electron chi connectivity index (χ2n) is 5.68. The van der Waals surface area contributed by atoms with Gasteiger partial charge in [-0.3, -0.25) is 4.79 Å². The van der Waals surface area contributed by atoms with Gasteiger partial charge >= 0.3 is 0 Å². The summed E-state index contributed by atoms with van der Waals surface area (Å²) in [6.45, 7) is 3.77. The van der Waals surface area contributed by atoms with Crippen molar-refractivity contribution in [3.05, 3.63) is 59.7 Å². The number of aromatic nitrogens is 2. The molecule has 130 valence electrons. The van der Waals surface area contributed by atoms with Gasteiger partial charge in [0.15, 0.2) is 0 Å². The number of nitrogens with one attached hydrogen (secondary N) is 1. The molecule has 3 rings (SSSR count). The van der Waals surface area contributed by atoms with E-state index >= 15 is 0 Å². The normalized spacial score (nSPS) is 11.6. The summed E-state index contributed by atoms with van der Waals surface area (Å²) in [6, 6.07) is 16.5. The zero-order valence-corrected chi connectivity index (χ0v) is 15.1. The molecule has 0 aliphatic rings. The molecule has 1 heterocycles. The molecule has 0 unspecified atom stereocenters. The van der Waals surface area contributed by atoms with Gasteiger partial charge < -0.3 is 9.73 Å². The molecule has 0 bridgehead atoms. The Balaban J connectivity index is 1.62. The first kappa shape index (κ1) is 17.7. The van der Waals surface area contributed by atoms with Crippen LogP contribution in [0.1, 0.15) is 18.1 Å². The number of carbonyl (C=O) groups is 1. The van der Waals surface area contributed by atoms with E-state index in [1.165, 1.54) is 11.8 Å². The highest BCUT2D eigenvalue weighted by Gasteiger charge is 2.19. The van der Waals surface area contributed by atoms with E-state index < -0.39 is 5.25 Å². The van der Waals surface area contributed by atoms with E-state index in [0.29, 0.717) is 22.4 Å². The second-order valence-corrected chi connectivity index (χ2v) is 6.97. The molecular formula is C19H16N4O2S. The van der Waals surface area contributed by atoms with Crippen molar-refractivity contribution in [3.8, 4) is 17.5 Å². The average molecular weight is 364 g/mol.